The van der Waals surface area contributed by atoms with Gasteiger partial charge in [-0.25, -0.2) is 14.6 Å². The van der Waals surface area contributed by atoms with Gasteiger partial charge in [0.25, 0.3) is 17.3 Å². The molecular formula is C33H32N6O11S2. The standard InChI is InChI=1S/C33H32N6O11S2/c1-16-26-25(17(2)40)31(42)37(26)27(32(43)49-13-18-3-7-20(8-4-18)38(45)46)28(16)52-22-11-24(30-35-23(15-51-30)29(34)41)36(12-22)33(44)50-14-19-5-9-21(10-6-19)39(47)48/h3-10,15-17,22,24-26,40H,11-14H2,1-2H3,(H2,34,41)/t16-,17-,22+,24+,25-,26-/m1/s1. The molecule has 6 rings (SSSR count). The second kappa shape index (κ2) is 14.7. The number of β-lactam (4-membered cyclic amide) rings is 1. The van der Waals surface area contributed by atoms with Crippen molar-refractivity contribution in [3.05, 3.63) is 107 Å². The lowest BCUT2D eigenvalue weighted by molar-refractivity contribution is -0.385. The summed E-state index contributed by atoms with van der Waals surface area (Å²) in [6.45, 7) is 3.10. The fraction of sp³-hybridized carbons (Fsp3) is 0.364. The Hall–Kier alpha value is -5.40. The van der Waals surface area contributed by atoms with Gasteiger partial charge in [-0.15, -0.1) is 23.1 Å². The number of fused-ring (bicyclic) bond motifs is 1. The van der Waals surface area contributed by atoms with E-state index in [4.69, 9.17) is 15.2 Å². The summed E-state index contributed by atoms with van der Waals surface area (Å²) in [5.41, 5.74) is 6.29. The third kappa shape index (κ3) is 7.06. The van der Waals surface area contributed by atoms with Gasteiger partial charge in [-0.2, -0.15) is 0 Å². The van der Waals surface area contributed by atoms with Crippen LogP contribution in [0.25, 0.3) is 0 Å². The summed E-state index contributed by atoms with van der Waals surface area (Å²) in [6.07, 6.45) is -1.35. The van der Waals surface area contributed by atoms with E-state index < -0.39 is 57.8 Å². The van der Waals surface area contributed by atoms with Gasteiger partial charge < -0.3 is 25.2 Å². The Labute approximate surface area is 303 Å². The molecule has 4 heterocycles. The van der Waals surface area contributed by atoms with E-state index in [-0.39, 0.29) is 53.7 Å². The predicted molar refractivity (Wildman–Crippen MR) is 184 cm³/mol. The van der Waals surface area contributed by atoms with Crippen LogP contribution in [0.4, 0.5) is 16.2 Å². The van der Waals surface area contributed by atoms with Gasteiger partial charge >= 0.3 is 12.1 Å². The summed E-state index contributed by atoms with van der Waals surface area (Å²) in [4.78, 5) is 81.1. The monoisotopic (exact) mass is 752 g/mol. The van der Waals surface area contributed by atoms with Crippen LogP contribution in [0.5, 0.6) is 0 Å². The predicted octanol–water partition coefficient (Wildman–Crippen LogP) is 4.06. The number of primary amides is 1. The Morgan fingerprint density at radius 1 is 1.04 bits per heavy atom. The second-order valence-electron chi connectivity index (χ2n) is 12.5. The molecule has 0 saturated carbocycles. The number of ether oxygens (including phenoxy) is 2. The highest BCUT2D eigenvalue weighted by molar-refractivity contribution is 8.03. The molecule has 6 atom stereocenters. The molecule has 0 spiro atoms. The van der Waals surface area contributed by atoms with Gasteiger partial charge in [0, 0.05) is 52.3 Å². The van der Waals surface area contributed by atoms with Crippen molar-refractivity contribution in [2.45, 2.75) is 56.9 Å². The number of nitrogens with two attached hydrogens (primary N) is 1. The smallest absolute Gasteiger partial charge is 0.410 e. The average Bonchev–Trinajstić information content (AvgIpc) is 3.82. The molecule has 272 valence electrons. The van der Waals surface area contributed by atoms with E-state index in [2.05, 4.69) is 4.98 Å². The lowest BCUT2D eigenvalue weighted by Gasteiger charge is -2.46. The molecule has 3 N–H and O–H groups in total. The number of esters is 1. The molecule has 52 heavy (non-hydrogen) atoms. The number of nitro groups is 2. The van der Waals surface area contributed by atoms with Crippen LogP contribution in [0.3, 0.4) is 0 Å². The molecule has 0 radical (unpaired) electrons. The zero-order valence-electron chi connectivity index (χ0n) is 27.6. The highest BCUT2D eigenvalue weighted by atomic mass is 32.2. The molecule has 1 aromatic heterocycles. The van der Waals surface area contributed by atoms with Crippen LogP contribution in [-0.2, 0) is 32.3 Å². The van der Waals surface area contributed by atoms with Crippen molar-refractivity contribution in [3.8, 4) is 0 Å². The number of carbonyl (C=O) groups is 4. The first kappa shape index (κ1) is 36.4. The fourth-order valence-corrected chi connectivity index (χ4v) is 9.05. The summed E-state index contributed by atoms with van der Waals surface area (Å²) >= 11 is 2.45. The SMILES string of the molecule is C[C@@H](O)[C@H]1C(=O)N2C(C(=O)OCc3ccc([N+](=O)[O-])cc3)=C(S[C@H]3C[C@@H](c4nc(C(N)=O)cs4)N(C(=O)OCc4ccc([N+](=O)[O-])cc4)C3)[C@H](C)[C@H]12. The minimum Gasteiger partial charge on any atom is -0.456 e. The number of nitrogens with zero attached hydrogens (tertiary/aromatic N) is 5. The molecule has 0 unspecified atom stereocenters. The number of thioether (sulfide) groups is 1. The number of hydrogen-bond acceptors (Lipinski definition) is 14. The van der Waals surface area contributed by atoms with E-state index in [9.17, 15) is 44.5 Å². The number of likely N-dealkylation sites (tertiary alicyclic amines) is 1. The van der Waals surface area contributed by atoms with Crippen molar-refractivity contribution in [1.82, 2.24) is 14.8 Å². The highest BCUT2D eigenvalue weighted by Gasteiger charge is 2.60. The molecule has 19 heteroatoms. The third-order valence-corrected chi connectivity index (χ3v) is 11.6. The van der Waals surface area contributed by atoms with Gasteiger partial charge in [-0.05, 0) is 48.7 Å². The first-order valence-electron chi connectivity index (χ1n) is 16.0. The van der Waals surface area contributed by atoms with E-state index >= 15 is 0 Å². The van der Waals surface area contributed by atoms with Crippen molar-refractivity contribution < 1.29 is 43.6 Å². The van der Waals surface area contributed by atoms with Crippen molar-refractivity contribution in [2.24, 2.45) is 17.6 Å². The maximum atomic E-state index is 13.7. The summed E-state index contributed by atoms with van der Waals surface area (Å²) in [6, 6.07) is 9.92. The number of aliphatic hydroxyl groups excluding tert-OH is 1. The molecular weight excluding hydrogens is 721 g/mol. The van der Waals surface area contributed by atoms with Crippen LogP contribution in [-0.4, -0.2) is 77.6 Å². The zero-order chi connectivity index (χ0) is 37.4. The summed E-state index contributed by atoms with van der Waals surface area (Å²) in [5.74, 6) is -3.07. The minimum atomic E-state index is -0.973. The quantitative estimate of drug-likeness (QED) is 0.115. The van der Waals surface area contributed by atoms with E-state index in [0.29, 0.717) is 27.5 Å². The molecule has 17 nitrogen and oxygen atoms in total. The Balaban J connectivity index is 1.24. The summed E-state index contributed by atoms with van der Waals surface area (Å²) < 4.78 is 11.2. The van der Waals surface area contributed by atoms with E-state index in [1.54, 1.807) is 0 Å². The number of amides is 3. The largest absolute Gasteiger partial charge is 0.456 e. The van der Waals surface area contributed by atoms with Crippen molar-refractivity contribution in [1.29, 1.82) is 0 Å². The number of carbonyl (C=O) groups excluding carboxylic acids is 4. The van der Waals surface area contributed by atoms with Crippen molar-refractivity contribution >= 4 is 58.4 Å². The number of benzene rings is 2. The van der Waals surface area contributed by atoms with Gasteiger partial charge in [0.05, 0.1) is 34.0 Å². The van der Waals surface area contributed by atoms with Gasteiger partial charge in [0.1, 0.15) is 29.6 Å². The topological polar surface area (TPSA) is 239 Å². The van der Waals surface area contributed by atoms with Crippen molar-refractivity contribution in [2.75, 3.05) is 6.54 Å². The summed E-state index contributed by atoms with van der Waals surface area (Å²) in [7, 11) is 0. The van der Waals surface area contributed by atoms with Gasteiger partial charge in [-0.3, -0.25) is 34.7 Å². The molecule has 2 saturated heterocycles. The Morgan fingerprint density at radius 3 is 2.13 bits per heavy atom. The third-order valence-electron chi connectivity index (χ3n) is 9.18. The number of rotatable bonds is 12. The normalized spacial score (nSPS) is 22.8. The second-order valence-corrected chi connectivity index (χ2v) is 14.8. The Bertz CT molecular complexity index is 1970. The maximum absolute atomic E-state index is 13.7. The van der Waals surface area contributed by atoms with Gasteiger partial charge in [0.2, 0.25) is 5.91 Å². The van der Waals surface area contributed by atoms with Crippen LogP contribution in [0.1, 0.15) is 52.9 Å². The fourth-order valence-electron chi connectivity index (χ4n) is 6.59. The summed E-state index contributed by atoms with van der Waals surface area (Å²) in [5, 5.41) is 34.1. The number of hydrogen-bond donors (Lipinski definition) is 2. The van der Waals surface area contributed by atoms with Gasteiger partial charge in [0.15, 0.2) is 0 Å². The van der Waals surface area contributed by atoms with E-state index in [0.717, 1.165) is 11.3 Å². The average molecular weight is 753 g/mol. The van der Waals surface area contributed by atoms with Crippen molar-refractivity contribution in [3.63, 3.8) is 0 Å². The number of aliphatic hydroxyl groups is 1. The molecule has 2 fully saturated rings. The first-order chi connectivity index (χ1) is 24.7. The van der Waals surface area contributed by atoms with Crippen LogP contribution < -0.4 is 5.73 Å². The van der Waals surface area contributed by atoms with Gasteiger partial charge in [-0.1, -0.05) is 6.92 Å². The molecule has 3 aromatic rings. The van der Waals surface area contributed by atoms with Crippen LogP contribution in [0.15, 0.2) is 64.5 Å². The van der Waals surface area contributed by atoms with Crippen LogP contribution >= 0.6 is 23.1 Å². The first-order valence-corrected chi connectivity index (χ1v) is 17.8. The molecule has 3 aliphatic heterocycles. The Kier molecular flexibility index (Phi) is 10.3. The number of nitro benzene ring substituents is 2. The number of thiazole rings is 1. The number of non-ortho nitro benzene ring substituents is 2. The maximum Gasteiger partial charge on any atom is 0.410 e. The number of aromatic nitrogens is 1. The van der Waals surface area contributed by atoms with Crippen LogP contribution in [0.2, 0.25) is 0 Å². The molecule has 2 aromatic carbocycles. The lowest BCUT2D eigenvalue weighted by Crippen LogP contribution is -2.63. The molecule has 3 aliphatic rings. The van der Waals surface area contributed by atoms with E-state index in [1.165, 1.54) is 82.4 Å². The molecule has 3 amide bonds. The Morgan fingerprint density at radius 2 is 1.62 bits per heavy atom. The molecule has 0 aliphatic carbocycles. The minimum absolute atomic E-state index is 0.0346. The molecule has 0 bridgehead atoms. The lowest BCUT2D eigenvalue weighted by atomic mass is 9.79. The highest BCUT2D eigenvalue weighted by Crippen LogP contribution is 2.53. The van der Waals surface area contributed by atoms with Crippen LogP contribution in [0, 0.1) is 32.1 Å². The zero-order valence-corrected chi connectivity index (χ0v) is 29.3. The van der Waals surface area contributed by atoms with E-state index in [1.807, 2.05) is 6.92 Å².